The molecule has 2 N–H and O–H groups in total. The van der Waals surface area contributed by atoms with Gasteiger partial charge in [0, 0.05) is 19.6 Å². The Bertz CT molecular complexity index is 808. The predicted molar refractivity (Wildman–Crippen MR) is 95.8 cm³/mol. The van der Waals surface area contributed by atoms with Crippen molar-refractivity contribution < 1.29 is 4.79 Å². The highest BCUT2D eigenvalue weighted by Crippen LogP contribution is 2.11. The molecule has 0 saturated heterocycles. The Balaban J connectivity index is 1.38. The van der Waals surface area contributed by atoms with Crippen LogP contribution in [0.2, 0.25) is 0 Å². The molecule has 0 radical (unpaired) electrons. The Kier molecular flexibility index (Phi) is 5.11. The average molecular weight is 322 g/mol. The van der Waals surface area contributed by atoms with E-state index in [2.05, 4.69) is 26.3 Å². The van der Waals surface area contributed by atoms with Gasteiger partial charge in [-0.25, -0.2) is 9.78 Å². The first kappa shape index (κ1) is 16.1. The summed E-state index contributed by atoms with van der Waals surface area (Å²) in [7, 11) is 0. The van der Waals surface area contributed by atoms with E-state index in [4.69, 9.17) is 0 Å². The number of rotatable bonds is 6. The lowest BCUT2D eigenvalue weighted by Gasteiger charge is -2.08. The number of carbonyl (C=O) groups excluding carboxylic acids is 1. The molecule has 0 aliphatic rings. The van der Waals surface area contributed by atoms with Gasteiger partial charge in [-0.2, -0.15) is 0 Å². The van der Waals surface area contributed by atoms with Gasteiger partial charge in [-0.15, -0.1) is 0 Å². The second-order valence-corrected chi connectivity index (χ2v) is 5.88. The molecule has 124 valence electrons. The minimum atomic E-state index is -0.133. The number of urea groups is 1. The van der Waals surface area contributed by atoms with Crippen LogP contribution < -0.4 is 10.6 Å². The Labute approximate surface area is 141 Å². The minimum Gasteiger partial charge on any atom is -0.338 e. The molecular formula is C19H22N4O. The molecule has 0 unspecified atom stereocenters. The van der Waals surface area contributed by atoms with E-state index in [9.17, 15) is 4.79 Å². The SMILES string of the molecule is Cc1ccc(CNC(=O)NCCCn2cnc3ccccc32)cc1. The number of carbonyl (C=O) groups is 1. The third-order valence-electron chi connectivity index (χ3n) is 3.96. The van der Waals surface area contributed by atoms with Crippen LogP contribution in [-0.4, -0.2) is 22.1 Å². The molecule has 0 saturated carbocycles. The molecule has 2 amide bonds. The standard InChI is InChI=1S/C19H22N4O/c1-15-7-9-16(10-8-15)13-21-19(24)20-11-4-12-23-14-22-17-5-2-3-6-18(17)23/h2-3,5-10,14H,4,11-13H2,1H3,(H2,20,21,24). The van der Waals surface area contributed by atoms with Crippen LogP contribution >= 0.6 is 0 Å². The number of aryl methyl sites for hydroxylation is 2. The number of nitrogens with one attached hydrogen (secondary N) is 2. The van der Waals surface area contributed by atoms with E-state index in [1.165, 1.54) is 5.56 Å². The predicted octanol–water partition coefficient (Wildman–Crippen LogP) is 3.23. The van der Waals surface area contributed by atoms with E-state index < -0.39 is 0 Å². The molecule has 5 nitrogen and oxygen atoms in total. The number of benzene rings is 2. The smallest absolute Gasteiger partial charge is 0.315 e. The summed E-state index contributed by atoms with van der Waals surface area (Å²) in [5.41, 5.74) is 4.44. The van der Waals surface area contributed by atoms with Gasteiger partial charge < -0.3 is 15.2 Å². The molecule has 3 aromatic rings. The zero-order valence-electron chi connectivity index (χ0n) is 13.8. The Hall–Kier alpha value is -2.82. The lowest BCUT2D eigenvalue weighted by Crippen LogP contribution is -2.35. The van der Waals surface area contributed by atoms with Crippen LogP contribution in [0.4, 0.5) is 4.79 Å². The fourth-order valence-electron chi connectivity index (χ4n) is 2.59. The molecule has 2 aromatic carbocycles. The van der Waals surface area contributed by atoms with Crippen molar-refractivity contribution in [2.24, 2.45) is 0 Å². The van der Waals surface area contributed by atoms with E-state index in [-0.39, 0.29) is 6.03 Å². The summed E-state index contributed by atoms with van der Waals surface area (Å²) < 4.78 is 2.11. The molecule has 0 bridgehead atoms. The van der Waals surface area contributed by atoms with Gasteiger partial charge in [-0.1, -0.05) is 42.0 Å². The van der Waals surface area contributed by atoms with Crippen molar-refractivity contribution in [1.29, 1.82) is 0 Å². The van der Waals surface area contributed by atoms with E-state index in [1.54, 1.807) is 0 Å². The first-order valence-corrected chi connectivity index (χ1v) is 8.19. The third-order valence-corrected chi connectivity index (χ3v) is 3.96. The van der Waals surface area contributed by atoms with E-state index >= 15 is 0 Å². The van der Waals surface area contributed by atoms with Crippen molar-refractivity contribution in [1.82, 2.24) is 20.2 Å². The van der Waals surface area contributed by atoms with Gasteiger partial charge >= 0.3 is 6.03 Å². The van der Waals surface area contributed by atoms with Crippen molar-refractivity contribution in [3.8, 4) is 0 Å². The van der Waals surface area contributed by atoms with Crippen molar-refractivity contribution in [3.63, 3.8) is 0 Å². The van der Waals surface area contributed by atoms with Crippen LogP contribution in [-0.2, 0) is 13.1 Å². The molecule has 0 aliphatic carbocycles. The first-order chi connectivity index (χ1) is 11.7. The maximum Gasteiger partial charge on any atom is 0.315 e. The second kappa shape index (κ2) is 7.64. The van der Waals surface area contributed by atoms with Gasteiger partial charge in [0.2, 0.25) is 0 Å². The molecule has 0 spiro atoms. The Morgan fingerprint density at radius 2 is 1.88 bits per heavy atom. The molecular weight excluding hydrogens is 300 g/mol. The molecule has 0 fully saturated rings. The molecule has 24 heavy (non-hydrogen) atoms. The molecule has 0 aliphatic heterocycles. The lowest BCUT2D eigenvalue weighted by molar-refractivity contribution is 0.240. The zero-order valence-corrected chi connectivity index (χ0v) is 13.8. The summed E-state index contributed by atoms with van der Waals surface area (Å²) in [6.45, 7) is 4.05. The highest BCUT2D eigenvalue weighted by molar-refractivity contribution is 5.75. The summed E-state index contributed by atoms with van der Waals surface area (Å²) in [6, 6.07) is 16.1. The fraction of sp³-hybridized carbons (Fsp3) is 0.263. The highest BCUT2D eigenvalue weighted by atomic mass is 16.2. The number of nitrogens with zero attached hydrogens (tertiary/aromatic N) is 2. The summed E-state index contributed by atoms with van der Waals surface area (Å²) in [5.74, 6) is 0. The third kappa shape index (κ3) is 4.13. The quantitative estimate of drug-likeness (QED) is 0.685. The van der Waals surface area contributed by atoms with Gasteiger partial charge in [0.05, 0.1) is 17.4 Å². The fourth-order valence-corrected chi connectivity index (χ4v) is 2.59. The number of imidazole rings is 1. The van der Waals surface area contributed by atoms with Crippen molar-refractivity contribution in [2.45, 2.75) is 26.4 Å². The van der Waals surface area contributed by atoms with Crippen molar-refractivity contribution in [3.05, 3.63) is 66.0 Å². The van der Waals surface area contributed by atoms with Crippen LogP contribution in [0.15, 0.2) is 54.9 Å². The molecule has 1 aromatic heterocycles. The summed E-state index contributed by atoms with van der Waals surface area (Å²) in [5, 5.41) is 5.76. The van der Waals surface area contributed by atoms with Crippen LogP contribution in [0.5, 0.6) is 0 Å². The Morgan fingerprint density at radius 1 is 1.08 bits per heavy atom. The number of amides is 2. The maximum atomic E-state index is 11.8. The topological polar surface area (TPSA) is 59.0 Å². The van der Waals surface area contributed by atoms with Gasteiger partial charge in [0.15, 0.2) is 0 Å². The summed E-state index contributed by atoms with van der Waals surface area (Å²) in [4.78, 5) is 16.2. The highest BCUT2D eigenvalue weighted by Gasteiger charge is 2.02. The van der Waals surface area contributed by atoms with E-state index in [1.807, 2.05) is 55.7 Å². The van der Waals surface area contributed by atoms with Crippen LogP contribution in [0.3, 0.4) is 0 Å². The van der Waals surface area contributed by atoms with Crippen LogP contribution in [0, 0.1) is 6.92 Å². The number of aromatic nitrogens is 2. The van der Waals surface area contributed by atoms with Gasteiger partial charge in [0.25, 0.3) is 0 Å². The molecule has 1 heterocycles. The van der Waals surface area contributed by atoms with Crippen LogP contribution in [0.1, 0.15) is 17.5 Å². The summed E-state index contributed by atoms with van der Waals surface area (Å²) in [6.07, 6.45) is 2.71. The maximum absolute atomic E-state index is 11.8. The van der Waals surface area contributed by atoms with Crippen molar-refractivity contribution in [2.75, 3.05) is 6.54 Å². The average Bonchev–Trinajstić information content (AvgIpc) is 3.01. The van der Waals surface area contributed by atoms with Crippen LogP contribution in [0.25, 0.3) is 11.0 Å². The number of fused-ring (bicyclic) bond motifs is 1. The first-order valence-electron chi connectivity index (χ1n) is 8.19. The minimum absolute atomic E-state index is 0.133. The van der Waals surface area contributed by atoms with Gasteiger partial charge in [-0.3, -0.25) is 0 Å². The lowest BCUT2D eigenvalue weighted by atomic mass is 10.1. The van der Waals surface area contributed by atoms with E-state index in [0.29, 0.717) is 13.1 Å². The second-order valence-electron chi connectivity index (χ2n) is 5.88. The normalized spacial score (nSPS) is 10.7. The molecule has 0 atom stereocenters. The summed E-state index contributed by atoms with van der Waals surface area (Å²) >= 11 is 0. The molecule has 5 heteroatoms. The van der Waals surface area contributed by atoms with E-state index in [0.717, 1.165) is 29.6 Å². The number of hydrogen-bond donors (Lipinski definition) is 2. The monoisotopic (exact) mass is 322 g/mol. The molecule has 3 rings (SSSR count). The van der Waals surface area contributed by atoms with Gasteiger partial charge in [0.1, 0.15) is 0 Å². The largest absolute Gasteiger partial charge is 0.338 e. The number of hydrogen-bond acceptors (Lipinski definition) is 2. The van der Waals surface area contributed by atoms with Gasteiger partial charge in [-0.05, 0) is 31.0 Å². The number of para-hydroxylation sites is 2. The van der Waals surface area contributed by atoms with Crippen molar-refractivity contribution >= 4 is 17.1 Å². The Morgan fingerprint density at radius 3 is 2.71 bits per heavy atom. The zero-order chi connectivity index (χ0) is 16.8.